The number of benzene rings is 1. The summed E-state index contributed by atoms with van der Waals surface area (Å²) in [6.45, 7) is 4.24. The normalized spacial score (nSPS) is 18.9. The highest BCUT2D eigenvalue weighted by molar-refractivity contribution is 5.93. The quantitative estimate of drug-likeness (QED) is 0.864. The molecule has 0 unspecified atom stereocenters. The molecular formula is C22H26N4O3. The summed E-state index contributed by atoms with van der Waals surface area (Å²) in [5, 5.41) is 0. The fourth-order valence-electron chi connectivity index (χ4n) is 4.45. The van der Waals surface area contributed by atoms with E-state index in [1.54, 1.807) is 11.8 Å². The van der Waals surface area contributed by atoms with Crippen molar-refractivity contribution in [1.29, 1.82) is 0 Å². The molecule has 0 radical (unpaired) electrons. The van der Waals surface area contributed by atoms with Crippen LogP contribution in [0.2, 0.25) is 0 Å². The van der Waals surface area contributed by atoms with Crippen molar-refractivity contribution in [2.75, 3.05) is 19.6 Å². The smallest absolute Gasteiger partial charge is 0.263 e. The van der Waals surface area contributed by atoms with E-state index in [0.717, 1.165) is 31.4 Å². The Morgan fingerprint density at radius 2 is 1.86 bits per heavy atom. The molecule has 2 fully saturated rings. The van der Waals surface area contributed by atoms with Crippen molar-refractivity contribution in [3.8, 4) is 0 Å². The summed E-state index contributed by atoms with van der Waals surface area (Å²) < 4.78 is 0. The minimum absolute atomic E-state index is 0.0530. The van der Waals surface area contributed by atoms with Gasteiger partial charge in [0.25, 0.3) is 11.5 Å². The van der Waals surface area contributed by atoms with Gasteiger partial charge >= 0.3 is 0 Å². The zero-order valence-corrected chi connectivity index (χ0v) is 16.7. The number of H-pyrrole nitrogens is 1. The van der Waals surface area contributed by atoms with Crippen LogP contribution >= 0.6 is 0 Å². The van der Waals surface area contributed by atoms with Gasteiger partial charge in [-0.25, -0.2) is 4.98 Å². The van der Waals surface area contributed by atoms with Crippen LogP contribution in [-0.4, -0.2) is 51.2 Å². The molecule has 2 amide bonds. The van der Waals surface area contributed by atoms with Crippen LogP contribution in [0.3, 0.4) is 0 Å². The molecule has 1 N–H and O–H groups in total. The summed E-state index contributed by atoms with van der Waals surface area (Å²) in [5.41, 5.74) is 0.894. The van der Waals surface area contributed by atoms with Gasteiger partial charge in [-0.1, -0.05) is 30.3 Å². The number of hydrogen-bond acceptors (Lipinski definition) is 4. The van der Waals surface area contributed by atoms with Crippen LogP contribution in [0.1, 0.15) is 47.4 Å². The van der Waals surface area contributed by atoms with Crippen LogP contribution < -0.4 is 5.56 Å². The largest absolute Gasteiger partial charge is 0.338 e. The predicted octanol–water partition coefficient (Wildman–Crippen LogP) is 2.12. The Labute approximate surface area is 169 Å². The maximum atomic E-state index is 12.8. The Balaban J connectivity index is 1.42. The third-order valence-electron chi connectivity index (χ3n) is 6.23. The fraction of sp³-hybridized carbons (Fsp3) is 0.455. The summed E-state index contributed by atoms with van der Waals surface area (Å²) >= 11 is 0. The Morgan fingerprint density at radius 3 is 2.55 bits per heavy atom. The standard InChI is InChI=1S/C22H26N4O3/c1-16-23-13-18(20(28)24-16)21(29)25-11-9-22(10-12-25)8-7-19(27)26(15-22)14-17-5-3-2-4-6-17/h2-6,13H,7-12,14-15H2,1H3,(H,23,24,28). The molecule has 0 aliphatic carbocycles. The maximum absolute atomic E-state index is 12.8. The van der Waals surface area contributed by atoms with Gasteiger partial charge in [0.2, 0.25) is 5.91 Å². The van der Waals surface area contributed by atoms with E-state index in [4.69, 9.17) is 0 Å². The van der Waals surface area contributed by atoms with Crippen molar-refractivity contribution in [3.05, 3.63) is 63.8 Å². The van der Waals surface area contributed by atoms with E-state index in [1.165, 1.54) is 6.20 Å². The number of carbonyl (C=O) groups is 2. The second-order valence-electron chi connectivity index (χ2n) is 8.24. The molecule has 4 rings (SSSR count). The van der Waals surface area contributed by atoms with E-state index >= 15 is 0 Å². The van der Waals surface area contributed by atoms with Gasteiger partial charge in [0.1, 0.15) is 11.4 Å². The molecule has 7 heteroatoms. The molecule has 2 saturated heterocycles. The van der Waals surface area contributed by atoms with Crippen LogP contribution in [0.15, 0.2) is 41.3 Å². The first-order chi connectivity index (χ1) is 14.0. The number of hydrogen-bond donors (Lipinski definition) is 1. The number of carbonyl (C=O) groups excluding carboxylic acids is 2. The van der Waals surface area contributed by atoms with Gasteiger partial charge in [0.05, 0.1) is 0 Å². The van der Waals surface area contributed by atoms with Gasteiger partial charge in [-0.2, -0.15) is 0 Å². The zero-order chi connectivity index (χ0) is 20.4. The molecule has 2 aliphatic heterocycles. The first kappa shape index (κ1) is 19.4. The van der Waals surface area contributed by atoms with Gasteiger partial charge in [-0.05, 0) is 37.2 Å². The number of likely N-dealkylation sites (tertiary alicyclic amines) is 2. The van der Waals surface area contributed by atoms with Crippen molar-refractivity contribution < 1.29 is 9.59 Å². The number of aromatic nitrogens is 2. The Kier molecular flexibility index (Phi) is 5.22. The topological polar surface area (TPSA) is 86.4 Å². The average Bonchev–Trinajstić information content (AvgIpc) is 2.72. The third-order valence-corrected chi connectivity index (χ3v) is 6.23. The molecule has 0 saturated carbocycles. The van der Waals surface area contributed by atoms with Crippen molar-refractivity contribution in [3.63, 3.8) is 0 Å². The SMILES string of the molecule is Cc1ncc(C(=O)N2CCC3(CCC(=O)N(Cc4ccccc4)C3)CC2)c(=O)[nH]1. The number of piperidine rings is 2. The summed E-state index contributed by atoms with van der Waals surface area (Å²) in [5.74, 6) is 0.436. The Hall–Kier alpha value is -2.96. The van der Waals surface area contributed by atoms with E-state index in [-0.39, 0.29) is 28.4 Å². The van der Waals surface area contributed by atoms with E-state index in [1.807, 2.05) is 35.2 Å². The molecule has 1 aromatic carbocycles. The molecule has 1 aromatic heterocycles. The Morgan fingerprint density at radius 1 is 1.14 bits per heavy atom. The maximum Gasteiger partial charge on any atom is 0.263 e. The molecule has 29 heavy (non-hydrogen) atoms. The minimum atomic E-state index is -0.389. The predicted molar refractivity (Wildman–Crippen MR) is 108 cm³/mol. The first-order valence-corrected chi connectivity index (χ1v) is 10.1. The lowest BCUT2D eigenvalue weighted by molar-refractivity contribution is -0.139. The lowest BCUT2D eigenvalue weighted by Crippen LogP contribution is -2.52. The van der Waals surface area contributed by atoms with Crippen LogP contribution in [0.4, 0.5) is 0 Å². The highest BCUT2D eigenvalue weighted by atomic mass is 16.2. The van der Waals surface area contributed by atoms with Gasteiger partial charge in [0.15, 0.2) is 0 Å². The van der Waals surface area contributed by atoms with E-state index < -0.39 is 0 Å². The molecular weight excluding hydrogens is 368 g/mol. The first-order valence-electron chi connectivity index (χ1n) is 10.1. The van der Waals surface area contributed by atoms with Gasteiger partial charge < -0.3 is 14.8 Å². The molecule has 0 atom stereocenters. The molecule has 2 aliphatic rings. The third kappa shape index (κ3) is 4.09. The van der Waals surface area contributed by atoms with Gasteiger partial charge in [-0.15, -0.1) is 0 Å². The average molecular weight is 394 g/mol. The minimum Gasteiger partial charge on any atom is -0.338 e. The number of rotatable bonds is 3. The monoisotopic (exact) mass is 394 g/mol. The highest BCUT2D eigenvalue weighted by Gasteiger charge is 2.42. The summed E-state index contributed by atoms with van der Waals surface area (Å²) in [7, 11) is 0. The Bertz CT molecular complexity index is 962. The van der Waals surface area contributed by atoms with Crippen molar-refractivity contribution in [2.24, 2.45) is 5.41 Å². The number of nitrogens with one attached hydrogen (secondary N) is 1. The molecule has 0 bridgehead atoms. The van der Waals surface area contributed by atoms with E-state index in [0.29, 0.717) is 31.9 Å². The second-order valence-corrected chi connectivity index (χ2v) is 8.24. The van der Waals surface area contributed by atoms with Gasteiger partial charge in [-0.3, -0.25) is 14.4 Å². The summed E-state index contributed by atoms with van der Waals surface area (Å²) in [6.07, 6.45) is 4.47. The molecule has 3 heterocycles. The van der Waals surface area contributed by atoms with Crippen molar-refractivity contribution in [1.82, 2.24) is 19.8 Å². The van der Waals surface area contributed by atoms with Crippen molar-refractivity contribution in [2.45, 2.75) is 39.2 Å². The number of aromatic amines is 1. The van der Waals surface area contributed by atoms with Gasteiger partial charge in [0, 0.05) is 38.8 Å². The second kappa shape index (κ2) is 7.81. The van der Waals surface area contributed by atoms with Crippen molar-refractivity contribution >= 4 is 11.8 Å². The van der Waals surface area contributed by atoms with E-state index in [2.05, 4.69) is 9.97 Å². The lowest BCUT2D eigenvalue weighted by Gasteiger charge is -2.47. The van der Waals surface area contributed by atoms with Crippen LogP contribution in [0.5, 0.6) is 0 Å². The lowest BCUT2D eigenvalue weighted by atomic mass is 9.72. The van der Waals surface area contributed by atoms with Crippen LogP contribution in [0, 0.1) is 12.3 Å². The molecule has 152 valence electrons. The molecule has 1 spiro atoms. The number of amides is 2. The summed E-state index contributed by atoms with van der Waals surface area (Å²) in [6, 6.07) is 10.0. The number of nitrogens with zero attached hydrogens (tertiary/aromatic N) is 3. The fourth-order valence-corrected chi connectivity index (χ4v) is 4.45. The molecule has 2 aromatic rings. The number of aryl methyl sites for hydroxylation is 1. The van der Waals surface area contributed by atoms with Crippen LogP contribution in [0.25, 0.3) is 0 Å². The molecule has 7 nitrogen and oxygen atoms in total. The zero-order valence-electron chi connectivity index (χ0n) is 16.7. The van der Waals surface area contributed by atoms with E-state index in [9.17, 15) is 14.4 Å². The highest BCUT2D eigenvalue weighted by Crippen LogP contribution is 2.40. The van der Waals surface area contributed by atoms with Crippen LogP contribution in [-0.2, 0) is 11.3 Å². The summed E-state index contributed by atoms with van der Waals surface area (Å²) in [4.78, 5) is 47.7.